The number of nitrogens with zero attached hydrogens (tertiary/aromatic N) is 2. The summed E-state index contributed by atoms with van der Waals surface area (Å²) in [6, 6.07) is 4.28. The predicted molar refractivity (Wildman–Crippen MR) is 139 cm³/mol. The lowest BCUT2D eigenvalue weighted by molar-refractivity contribution is 0.00440. The number of rotatable bonds is 17. The minimum Gasteiger partial charge on any atom is -0.492 e. The van der Waals surface area contributed by atoms with Gasteiger partial charge in [0.1, 0.15) is 11.3 Å². The number of aliphatic hydroxyl groups is 1. The molecule has 1 aromatic carbocycles. The molecule has 0 saturated heterocycles. The number of unbranched alkanes of at least 4 members (excludes halogenated alkanes) is 4. The first-order valence-corrected chi connectivity index (χ1v) is 12.8. The number of pyridine rings is 2. The van der Waals surface area contributed by atoms with Crippen LogP contribution < -0.4 is 4.74 Å². The van der Waals surface area contributed by atoms with Crippen molar-refractivity contribution in [2.75, 3.05) is 46.2 Å². The summed E-state index contributed by atoms with van der Waals surface area (Å²) < 4.78 is 23.3. The normalized spacial score (nSPS) is 11.5. The summed E-state index contributed by atoms with van der Waals surface area (Å²) >= 11 is 0. The SMILES string of the molecule is CCCCCCCOc1c(COCCOCCOCCO)c2cc(C)cnc2c2ncc(C)cc12. The molecule has 3 rings (SSSR count). The van der Waals surface area contributed by atoms with Crippen LogP contribution in [0.3, 0.4) is 0 Å². The quantitative estimate of drug-likeness (QED) is 0.206. The van der Waals surface area contributed by atoms with Crippen molar-refractivity contribution in [3.05, 3.63) is 41.2 Å². The lowest BCUT2D eigenvalue weighted by atomic mass is 10.0. The van der Waals surface area contributed by atoms with E-state index in [1.54, 1.807) is 0 Å². The number of aliphatic hydroxyl groups excluding tert-OH is 1. The Kier molecular flexibility index (Phi) is 11.6. The summed E-state index contributed by atoms with van der Waals surface area (Å²) in [5, 5.41) is 10.7. The van der Waals surface area contributed by atoms with E-state index in [0.717, 1.165) is 50.7 Å². The molecule has 0 atom stereocenters. The van der Waals surface area contributed by atoms with Gasteiger partial charge in [0.15, 0.2) is 0 Å². The predicted octanol–water partition coefficient (Wildman–Crippen LogP) is 5.29. The maximum absolute atomic E-state index is 8.74. The Balaban J connectivity index is 1.78. The Morgan fingerprint density at radius 3 is 2.00 bits per heavy atom. The highest BCUT2D eigenvalue weighted by molar-refractivity contribution is 6.08. The maximum atomic E-state index is 8.74. The fourth-order valence-electron chi connectivity index (χ4n) is 4.07. The molecule has 1 N–H and O–H groups in total. The average Bonchev–Trinajstić information content (AvgIpc) is 2.85. The molecule has 0 amide bonds. The van der Waals surface area contributed by atoms with Gasteiger partial charge < -0.3 is 24.1 Å². The molecule has 0 radical (unpaired) electrons. The molecule has 0 fully saturated rings. The van der Waals surface area contributed by atoms with Gasteiger partial charge in [0, 0.05) is 28.7 Å². The van der Waals surface area contributed by atoms with E-state index in [1.165, 1.54) is 25.7 Å². The molecule has 35 heavy (non-hydrogen) atoms. The summed E-state index contributed by atoms with van der Waals surface area (Å²) in [6.07, 6.45) is 9.70. The highest BCUT2D eigenvalue weighted by Gasteiger charge is 2.18. The van der Waals surface area contributed by atoms with Crippen molar-refractivity contribution in [1.29, 1.82) is 0 Å². The van der Waals surface area contributed by atoms with Gasteiger partial charge in [0.25, 0.3) is 0 Å². The molecule has 7 nitrogen and oxygen atoms in total. The molecule has 0 saturated carbocycles. The second kappa shape index (κ2) is 14.9. The van der Waals surface area contributed by atoms with Crippen LogP contribution in [0.15, 0.2) is 24.5 Å². The van der Waals surface area contributed by atoms with Crippen LogP contribution >= 0.6 is 0 Å². The van der Waals surface area contributed by atoms with E-state index in [1.807, 2.05) is 26.2 Å². The van der Waals surface area contributed by atoms with Gasteiger partial charge in [0.05, 0.1) is 58.4 Å². The summed E-state index contributed by atoms with van der Waals surface area (Å²) in [7, 11) is 0. The highest BCUT2D eigenvalue weighted by atomic mass is 16.5. The molecule has 192 valence electrons. The molecular weight excluding hydrogens is 444 g/mol. The van der Waals surface area contributed by atoms with E-state index in [-0.39, 0.29) is 6.61 Å². The molecule has 7 heteroatoms. The standard InChI is InChI=1S/C28H40N2O5/c1-4-5-6-7-8-10-35-28-24-17-22(3)19-30-27(24)26-23(16-21(2)18-29-26)25(28)20-34-15-14-33-13-12-32-11-9-31/h16-19,31H,4-15,20H2,1-3H3. The Labute approximate surface area is 208 Å². The molecule has 0 aliphatic rings. The number of fused-ring (bicyclic) bond motifs is 3. The first-order chi connectivity index (χ1) is 17.2. The minimum absolute atomic E-state index is 0.0232. The van der Waals surface area contributed by atoms with Gasteiger partial charge in [-0.3, -0.25) is 9.97 Å². The molecule has 0 spiro atoms. The smallest absolute Gasteiger partial charge is 0.134 e. The first kappa shape index (κ1) is 27.3. The van der Waals surface area contributed by atoms with E-state index in [9.17, 15) is 0 Å². The summed E-state index contributed by atoms with van der Waals surface area (Å²) in [5.41, 5.74) is 4.91. The number of hydrogen-bond donors (Lipinski definition) is 1. The third-order valence-corrected chi connectivity index (χ3v) is 5.84. The second-order valence-corrected chi connectivity index (χ2v) is 8.89. The second-order valence-electron chi connectivity index (χ2n) is 8.89. The van der Waals surface area contributed by atoms with Crippen molar-refractivity contribution >= 4 is 21.8 Å². The van der Waals surface area contributed by atoms with Gasteiger partial charge in [-0.2, -0.15) is 0 Å². The zero-order valence-corrected chi connectivity index (χ0v) is 21.5. The first-order valence-electron chi connectivity index (χ1n) is 12.8. The number of aryl methyl sites for hydroxylation is 2. The summed E-state index contributed by atoms with van der Waals surface area (Å²) in [5.74, 6) is 0.852. The van der Waals surface area contributed by atoms with Crippen molar-refractivity contribution in [1.82, 2.24) is 9.97 Å². The van der Waals surface area contributed by atoms with Crippen molar-refractivity contribution in [2.24, 2.45) is 0 Å². The van der Waals surface area contributed by atoms with Gasteiger partial charge in [-0.25, -0.2) is 0 Å². The molecule has 3 aromatic rings. The highest BCUT2D eigenvalue weighted by Crippen LogP contribution is 2.38. The number of aromatic nitrogens is 2. The van der Waals surface area contributed by atoms with Gasteiger partial charge in [-0.05, 0) is 43.5 Å². The van der Waals surface area contributed by atoms with Crippen LogP contribution in [0.2, 0.25) is 0 Å². The molecule has 0 bridgehead atoms. The molecular formula is C28H40N2O5. The topological polar surface area (TPSA) is 82.9 Å². The summed E-state index contributed by atoms with van der Waals surface area (Å²) in [6.45, 7) is 9.62. The molecule has 2 aromatic heterocycles. The van der Waals surface area contributed by atoms with Crippen LogP contribution in [-0.2, 0) is 20.8 Å². The van der Waals surface area contributed by atoms with Crippen LogP contribution in [0.1, 0.15) is 55.7 Å². The van der Waals surface area contributed by atoms with Crippen LogP contribution in [0.5, 0.6) is 5.75 Å². The van der Waals surface area contributed by atoms with E-state index >= 15 is 0 Å². The van der Waals surface area contributed by atoms with Crippen LogP contribution in [0, 0.1) is 13.8 Å². The third-order valence-electron chi connectivity index (χ3n) is 5.84. The fraction of sp³-hybridized carbons (Fsp3) is 0.571. The number of ether oxygens (including phenoxy) is 4. The average molecular weight is 485 g/mol. The lowest BCUT2D eigenvalue weighted by Crippen LogP contribution is -2.11. The monoisotopic (exact) mass is 484 g/mol. The molecule has 0 unspecified atom stereocenters. The van der Waals surface area contributed by atoms with Crippen LogP contribution in [0.25, 0.3) is 21.8 Å². The van der Waals surface area contributed by atoms with Crippen molar-refractivity contribution in [3.8, 4) is 5.75 Å². The van der Waals surface area contributed by atoms with Crippen molar-refractivity contribution < 1.29 is 24.1 Å². The van der Waals surface area contributed by atoms with Gasteiger partial charge >= 0.3 is 0 Å². The largest absolute Gasteiger partial charge is 0.492 e. The van der Waals surface area contributed by atoms with E-state index in [2.05, 4.69) is 19.1 Å². The van der Waals surface area contributed by atoms with E-state index in [4.69, 9.17) is 34.0 Å². The maximum Gasteiger partial charge on any atom is 0.134 e. The molecule has 0 aliphatic carbocycles. The number of benzene rings is 1. The van der Waals surface area contributed by atoms with Crippen molar-refractivity contribution in [2.45, 2.75) is 59.5 Å². The van der Waals surface area contributed by atoms with Crippen LogP contribution in [0.4, 0.5) is 0 Å². The zero-order chi connectivity index (χ0) is 24.9. The Morgan fingerprint density at radius 2 is 1.31 bits per heavy atom. The van der Waals surface area contributed by atoms with Gasteiger partial charge in [-0.1, -0.05) is 32.6 Å². The Morgan fingerprint density at radius 1 is 0.714 bits per heavy atom. The Hall–Kier alpha value is -2.32. The van der Waals surface area contributed by atoms with E-state index in [0.29, 0.717) is 46.2 Å². The molecule has 2 heterocycles. The van der Waals surface area contributed by atoms with Gasteiger partial charge in [-0.15, -0.1) is 0 Å². The van der Waals surface area contributed by atoms with E-state index < -0.39 is 0 Å². The van der Waals surface area contributed by atoms with Crippen LogP contribution in [-0.4, -0.2) is 61.3 Å². The lowest BCUT2D eigenvalue weighted by Gasteiger charge is -2.18. The zero-order valence-electron chi connectivity index (χ0n) is 21.5. The fourth-order valence-corrected chi connectivity index (χ4v) is 4.07. The molecule has 0 aliphatic heterocycles. The summed E-state index contributed by atoms with van der Waals surface area (Å²) in [4.78, 5) is 9.46. The number of hydrogen-bond acceptors (Lipinski definition) is 7. The third kappa shape index (κ3) is 8.10. The van der Waals surface area contributed by atoms with Crippen molar-refractivity contribution in [3.63, 3.8) is 0 Å². The Bertz CT molecular complexity index is 1060. The van der Waals surface area contributed by atoms with Gasteiger partial charge in [0.2, 0.25) is 0 Å². The minimum atomic E-state index is 0.0232.